The van der Waals surface area contributed by atoms with E-state index < -0.39 is 0 Å². The second-order valence-electron chi connectivity index (χ2n) is 7.53. The predicted molar refractivity (Wildman–Crippen MR) is 150 cm³/mol. The lowest BCUT2D eigenvalue weighted by Gasteiger charge is -2.14. The van der Waals surface area contributed by atoms with E-state index in [0.29, 0.717) is 49.3 Å². The minimum atomic E-state index is -0.366. The molecule has 0 unspecified atom stereocenters. The second-order valence-corrected chi connectivity index (χ2v) is 11.0. The zero-order valence-corrected chi connectivity index (χ0v) is 23.2. The zero-order valence-electron chi connectivity index (χ0n) is 18.5. The van der Waals surface area contributed by atoms with E-state index in [1.165, 1.54) is 35.7 Å². The SMILES string of the molecule is Cc1cc(=O)[nH]c(SCc2c(Cl)c(Cl)cc(-c3cc(=O)[nH]c(SCc4c(N)cccc4Cl)n3)c2Cl)n1. The van der Waals surface area contributed by atoms with Crippen molar-refractivity contribution in [1.82, 2.24) is 19.9 Å². The lowest BCUT2D eigenvalue weighted by Crippen LogP contribution is -2.09. The zero-order chi connectivity index (χ0) is 26.0. The summed E-state index contributed by atoms with van der Waals surface area (Å²) in [5.74, 6) is 0.671. The van der Waals surface area contributed by atoms with Gasteiger partial charge in [-0.25, -0.2) is 9.97 Å². The minimum absolute atomic E-state index is 0.248. The van der Waals surface area contributed by atoms with Crippen LogP contribution in [-0.2, 0) is 11.5 Å². The largest absolute Gasteiger partial charge is 0.398 e. The lowest BCUT2D eigenvalue weighted by atomic mass is 10.1. The molecule has 0 bridgehead atoms. The van der Waals surface area contributed by atoms with Gasteiger partial charge in [-0.1, -0.05) is 76.0 Å². The van der Waals surface area contributed by atoms with Crippen LogP contribution in [0.3, 0.4) is 0 Å². The number of hydrogen-bond donors (Lipinski definition) is 3. The number of aromatic amines is 2. The molecule has 0 saturated heterocycles. The lowest BCUT2D eigenvalue weighted by molar-refractivity contribution is 0.905. The second kappa shape index (κ2) is 11.5. The van der Waals surface area contributed by atoms with Crippen molar-refractivity contribution in [1.29, 1.82) is 0 Å². The smallest absolute Gasteiger partial charge is 0.252 e. The Morgan fingerprint density at radius 1 is 0.833 bits per heavy atom. The van der Waals surface area contributed by atoms with Crippen LogP contribution in [0.15, 0.2) is 56.3 Å². The molecule has 0 fully saturated rings. The molecular weight excluding hydrogens is 584 g/mol. The monoisotopic (exact) mass is 599 g/mol. The molecule has 0 aliphatic rings. The quantitative estimate of drug-likeness (QED) is 0.0945. The molecule has 4 rings (SSSR count). The van der Waals surface area contributed by atoms with Crippen LogP contribution in [-0.4, -0.2) is 19.9 Å². The van der Waals surface area contributed by atoms with Crippen molar-refractivity contribution in [2.75, 3.05) is 5.73 Å². The van der Waals surface area contributed by atoms with Crippen LogP contribution in [0.5, 0.6) is 0 Å². The van der Waals surface area contributed by atoms with Crippen LogP contribution >= 0.6 is 69.9 Å². The highest BCUT2D eigenvalue weighted by atomic mass is 35.5. The average Bonchev–Trinajstić information content (AvgIpc) is 2.80. The first-order chi connectivity index (χ1) is 17.1. The van der Waals surface area contributed by atoms with Crippen LogP contribution < -0.4 is 16.9 Å². The Morgan fingerprint density at radius 3 is 2.14 bits per heavy atom. The fourth-order valence-corrected chi connectivity index (χ4v) is 6.42. The summed E-state index contributed by atoms with van der Waals surface area (Å²) in [4.78, 5) is 38.4. The number of aryl methyl sites for hydroxylation is 1. The number of nitrogens with zero attached hydrogens (tertiary/aromatic N) is 2. The maximum absolute atomic E-state index is 12.4. The van der Waals surface area contributed by atoms with E-state index in [0.717, 1.165) is 5.56 Å². The van der Waals surface area contributed by atoms with Gasteiger partial charge < -0.3 is 15.7 Å². The summed E-state index contributed by atoms with van der Waals surface area (Å²) in [7, 11) is 0. The van der Waals surface area contributed by atoms with E-state index in [1.54, 1.807) is 31.2 Å². The van der Waals surface area contributed by atoms with Crippen LogP contribution in [0.25, 0.3) is 11.3 Å². The Morgan fingerprint density at radius 2 is 1.47 bits per heavy atom. The van der Waals surface area contributed by atoms with Gasteiger partial charge in [-0.2, -0.15) is 0 Å². The summed E-state index contributed by atoms with van der Waals surface area (Å²) in [6, 6.07) is 9.56. The highest BCUT2D eigenvalue weighted by Crippen LogP contribution is 2.41. The molecule has 4 N–H and O–H groups in total. The van der Waals surface area contributed by atoms with Crippen molar-refractivity contribution in [3.05, 3.63) is 94.0 Å². The molecule has 13 heteroatoms. The molecule has 0 amide bonds. The molecule has 0 radical (unpaired) electrons. The number of halogens is 4. The normalized spacial score (nSPS) is 11.1. The first kappa shape index (κ1) is 26.9. The van der Waals surface area contributed by atoms with Gasteiger partial charge in [-0.3, -0.25) is 9.59 Å². The predicted octanol–water partition coefficient (Wildman–Crippen LogP) is 6.61. The molecule has 2 heterocycles. The summed E-state index contributed by atoms with van der Waals surface area (Å²) in [5.41, 5.74) is 8.57. The Balaban J connectivity index is 1.66. The number of benzene rings is 2. The maximum Gasteiger partial charge on any atom is 0.252 e. The molecule has 36 heavy (non-hydrogen) atoms. The molecular formula is C23H17Cl4N5O2S2. The Kier molecular flexibility index (Phi) is 8.59. The third kappa shape index (κ3) is 6.22. The number of H-pyrrole nitrogens is 2. The van der Waals surface area contributed by atoms with Gasteiger partial charge in [-0.15, -0.1) is 0 Å². The summed E-state index contributed by atoms with van der Waals surface area (Å²) in [6.45, 7) is 1.73. The third-order valence-corrected chi connectivity index (χ3v) is 8.36. The average molecular weight is 601 g/mol. The van der Waals surface area contributed by atoms with Crippen LogP contribution in [0.1, 0.15) is 16.8 Å². The Bertz CT molecular complexity index is 1560. The molecule has 186 valence electrons. The van der Waals surface area contributed by atoms with Crippen LogP contribution in [0.2, 0.25) is 20.1 Å². The van der Waals surface area contributed by atoms with Gasteiger partial charge in [-0.05, 0) is 25.1 Å². The third-order valence-electron chi connectivity index (χ3n) is 4.95. The van der Waals surface area contributed by atoms with E-state index in [4.69, 9.17) is 52.1 Å². The number of hydrogen-bond acceptors (Lipinski definition) is 7. The van der Waals surface area contributed by atoms with E-state index in [1.807, 2.05) is 0 Å². The van der Waals surface area contributed by atoms with Gasteiger partial charge in [0.25, 0.3) is 11.1 Å². The number of thioether (sulfide) groups is 2. The maximum atomic E-state index is 12.4. The van der Waals surface area contributed by atoms with Gasteiger partial charge >= 0.3 is 0 Å². The van der Waals surface area contributed by atoms with E-state index in [-0.39, 0.29) is 31.9 Å². The molecule has 7 nitrogen and oxygen atoms in total. The summed E-state index contributed by atoms with van der Waals surface area (Å²) >= 11 is 28.4. The first-order valence-electron chi connectivity index (χ1n) is 10.3. The van der Waals surface area contributed by atoms with Gasteiger partial charge in [0, 0.05) is 56.7 Å². The molecule has 4 aromatic rings. The highest BCUT2D eigenvalue weighted by molar-refractivity contribution is 7.98. The van der Waals surface area contributed by atoms with Crippen molar-refractivity contribution in [2.45, 2.75) is 28.7 Å². The van der Waals surface area contributed by atoms with Gasteiger partial charge in [0.2, 0.25) is 0 Å². The Labute approximate surface area is 234 Å². The highest BCUT2D eigenvalue weighted by Gasteiger charge is 2.19. The summed E-state index contributed by atoms with van der Waals surface area (Å²) in [6.07, 6.45) is 0. The molecule has 0 aliphatic heterocycles. The fourth-order valence-electron chi connectivity index (χ4n) is 3.24. The van der Waals surface area contributed by atoms with E-state index in [2.05, 4.69) is 19.9 Å². The minimum Gasteiger partial charge on any atom is -0.398 e. The number of aromatic nitrogens is 4. The number of anilines is 1. The summed E-state index contributed by atoms with van der Waals surface area (Å²) in [5, 5.41) is 2.10. The van der Waals surface area contributed by atoms with Gasteiger partial charge in [0.1, 0.15) is 0 Å². The number of rotatable bonds is 7. The topological polar surface area (TPSA) is 118 Å². The van der Waals surface area contributed by atoms with Crippen LogP contribution in [0, 0.1) is 6.92 Å². The summed E-state index contributed by atoms with van der Waals surface area (Å²) < 4.78 is 0. The molecule has 0 aliphatic carbocycles. The Hall–Kier alpha value is -2.14. The number of nitrogen functional groups attached to an aromatic ring is 1. The van der Waals surface area contributed by atoms with Gasteiger partial charge in [0.05, 0.1) is 20.8 Å². The molecule has 2 aromatic heterocycles. The molecule has 2 aromatic carbocycles. The number of nitrogens with one attached hydrogen (secondary N) is 2. The van der Waals surface area contributed by atoms with Crippen molar-refractivity contribution in [3.8, 4) is 11.3 Å². The van der Waals surface area contributed by atoms with Gasteiger partial charge in [0.15, 0.2) is 10.3 Å². The van der Waals surface area contributed by atoms with Crippen molar-refractivity contribution in [2.24, 2.45) is 0 Å². The number of nitrogens with two attached hydrogens (primary N) is 1. The standard InChI is InChI=1S/C23H17Cl4N5O2S2/c1-10-5-18(33)31-22(29-10)36-9-13-20(26)11(6-15(25)21(13)27)17-7-19(34)32-23(30-17)35-8-12-14(24)3-2-4-16(12)28/h2-7H,8-9,28H2,1H3,(H,29,31,33)(H,30,32,34). The van der Waals surface area contributed by atoms with E-state index >= 15 is 0 Å². The van der Waals surface area contributed by atoms with Crippen LogP contribution in [0.4, 0.5) is 5.69 Å². The van der Waals surface area contributed by atoms with E-state index in [9.17, 15) is 9.59 Å². The first-order valence-corrected chi connectivity index (χ1v) is 13.7. The molecule has 0 saturated carbocycles. The molecule has 0 atom stereocenters. The fraction of sp³-hybridized carbons (Fsp3) is 0.130. The van der Waals surface area contributed by atoms with Crippen molar-refractivity contribution < 1.29 is 0 Å². The molecule has 0 spiro atoms. The van der Waals surface area contributed by atoms with Crippen molar-refractivity contribution >= 4 is 75.6 Å². The van der Waals surface area contributed by atoms with Crippen molar-refractivity contribution in [3.63, 3.8) is 0 Å².